The Balaban J connectivity index is 1.73. The Kier molecular flexibility index (Phi) is 23.3. The molecule has 59 heavy (non-hydrogen) atoms. The first kappa shape index (κ1) is 51.1. The number of nitrogens with one attached hydrogen (secondary N) is 4. The number of rotatable bonds is 24. The van der Waals surface area contributed by atoms with E-state index in [2.05, 4.69) is 21.3 Å². The average Bonchev–Trinajstić information content (AvgIpc) is 3.39. The topological polar surface area (TPSA) is 264 Å². The van der Waals surface area contributed by atoms with Gasteiger partial charge in [0.1, 0.15) is 5.60 Å². The number of quaternary nitrogens is 1. The van der Waals surface area contributed by atoms with Crippen LogP contribution in [0.2, 0.25) is 0 Å². The lowest BCUT2D eigenvalue weighted by Gasteiger charge is -2.39. The maximum absolute atomic E-state index is 13.3. The van der Waals surface area contributed by atoms with Crippen LogP contribution in [0.1, 0.15) is 72.1 Å². The van der Waals surface area contributed by atoms with Crippen molar-refractivity contribution in [3.63, 3.8) is 0 Å². The molecule has 2 atom stereocenters. The first-order valence-electron chi connectivity index (χ1n) is 20.5. The number of imide groups is 1. The number of hydrogen-bond acceptors (Lipinski definition) is 13. The zero-order chi connectivity index (χ0) is 43.8. The van der Waals surface area contributed by atoms with Crippen molar-refractivity contribution < 1.29 is 62.9 Å². The molecule has 0 aromatic heterocycles. The number of carbonyl (C=O) groups excluding carboxylic acids is 5. The highest BCUT2D eigenvalue weighted by atomic mass is 32.2. The predicted octanol–water partition coefficient (Wildman–Crippen LogP) is -0.387. The second kappa shape index (κ2) is 26.9. The van der Waals surface area contributed by atoms with E-state index in [-0.39, 0.29) is 94.1 Å². The molecule has 2 aliphatic heterocycles. The third-order valence-electron chi connectivity index (χ3n) is 9.73. The third kappa shape index (κ3) is 22.8. The van der Waals surface area contributed by atoms with E-state index in [9.17, 15) is 53.7 Å². The fourth-order valence-electron chi connectivity index (χ4n) is 6.73. The summed E-state index contributed by atoms with van der Waals surface area (Å²) in [5, 5.41) is 39.6. The highest BCUT2D eigenvalue weighted by Crippen LogP contribution is 2.26. The van der Waals surface area contributed by atoms with Crippen molar-refractivity contribution in [2.24, 2.45) is 0 Å². The van der Waals surface area contributed by atoms with Crippen LogP contribution in [0.3, 0.4) is 0 Å². The number of ether oxygens (including phenoxy) is 1. The van der Waals surface area contributed by atoms with Gasteiger partial charge in [-0.15, -0.1) is 11.8 Å². The third-order valence-corrected chi connectivity index (χ3v) is 11.0. The standard InChI is InChI=1S/C38H66N8O12S/c1-38(2,3)58-37(57)42-12-8-5-7-11-40-30(47)10-6-4-9-23-59-29-24-32(49)45(36(29)56)17-14-41-31(48)27-46(28-35(54)55)21-15-39-13-16-43(25-33(50)51)18-19-44(20-22-46)26-34(52)53/h29,39H,4-28H2,1-3H3,(H5-,40,41,42,47,48,50,51,52,53,54,55,57)/p+1. The van der Waals surface area contributed by atoms with Crippen molar-refractivity contribution in [2.45, 2.75) is 83.0 Å². The quantitative estimate of drug-likeness (QED) is 0.0370. The normalized spacial score (nSPS) is 20.0. The van der Waals surface area contributed by atoms with Crippen LogP contribution in [0.5, 0.6) is 0 Å². The molecule has 2 fully saturated rings. The van der Waals surface area contributed by atoms with Crippen molar-refractivity contribution in [3.8, 4) is 0 Å². The molecule has 0 saturated carbocycles. The summed E-state index contributed by atoms with van der Waals surface area (Å²) >= 11 is 1.40. The Morgan fingerprint density at radius 3 is 2.02 bits per heavy atom. The number of carboxylic acid groups (broad SMARTS) is 3. The second-order valence-electron chi connectivity index (χ2n) is 16.0. The van der Waals surface area contributed by atoms with Gasteiger partial charge in [0.2, 0.25) is 17.7 Å². The Labute approximate surface area is 351 Å². The molecule has 2 heterocycles. The summed E-state index contributed by atoms with van der Waals surface area (Å²) < 4.78 is 5.02. The largest absolute Gasteiger partial charge is 0.480 e. The highest BCUT2D eigenvalue weighted by Gasteiger charge is 2.39. The van der Waals surface area contributed by atoms with E-state index >= 15 is 0 Å². The molecule has 0 aromatic carbocycles. The summed E-state index contributed by atoms with van der Waals surface area (Å²) in [5.74, 6) is -3.72. The molecule has 7 N–H and O–H groups in total. The van der Waals surface area contributed by atoms with E-state index < -0.39 is 47.3 Å². The van der Waals surface area contributed by atoms with E-state index in [1.165, 1.54) is 11.8 Å². The monoisotopic (exact) mass is 859 g/mol. The van der Waals surface area contributed by atoms with Crippen molar-refractivity contribution in [1.82, 2.24) is 36.0 Å². The molecule has 2 unspecified atom stereocenters. The number of unbranched alkanes of at least 4 members (excludes halogenated alkanes) is 4. The SMILES string of the molecule is CC(C)(C)OC(=O)NCCCCCNC(=O)CCCCCSC1CC(=O)N(CCNC(=O)C[N+]2(CC(=O)O)CCNCCN(CC(=O)O)CCN(CC(=O)O)CC2)C1=O. The predicted molar refractivity (Wildman–Crippen MR) is 219 cm³/mol. The average molecular weight is 860 g/mol. The Morgan fingerprint density at radius 1 is 0.746 bits per heavy atom. The second-order valence-corrected chi connectivity index (χ2v) is 17.3. The Hall–Kier alpha value is -4.05. The molecular formula is C38H67N8O12S+. The molecule has 0 spiro atoms. The molecule has 336 valence electrons. The smallest absolute Gasteiger partial charge is 0.407 e. The van der Waals surface area contributed by atoms with E-state index in [1.807, 2.05) is 0 Å². The van der Waals surface area contributed by atoms with Crippen molar-refractivity contribution in [1.29, 1.82) is 0 Å². The van der Waals surface area contributed by atoms with Crippen LogP contribution in [0.15, 0.2) is 0 Å². The molecular weight excluding hydrogens is 793 g/mol. The van der Waals surface area contributed by atoms with Crippen LogP contribution >= 0.6 is 11.8 Å². The molecule has 2 aliphatic rings. The zero-order valence-corrected chi connectivity index (χ0v) is 35.8. The number of carbonyl (C=O) groups is 8. The number of thioether (sulfide) groups is 1. The van der Waals surface area contributed by atoms with Crippen LogP contribution < -0.4 is 21.3 Å². The fraction of sp³-hybridized carbons (Fsp3) is 0.789. The summed E-state index contributed by atoms with van der Waals surface area (Å²) in [6, 6.07) is 0. The first-order valence-corrected chi connectivity index (χ1v) is 21.5. The minimum absolute atomic E-state index is 0.0169. The van der Waals surface area contributed by atoms with Crippen molar-refractivity contribution in [2.75, 3.05) is 110 Å². The molecule has 5 amide bonds. The number of amides is 5. The number of carboxylic acids is 3. The summed E-state index contributed by atoms with van der Waals surface area (Å²) in [6.45, 7) is 7.44. The number of alkyl carbamates (subject to hydrolysis) is 1. The van der Waals surface area contributed by atoms with Crippen molar-refractivity contribution >= 4 is 59.4 Å². The van der Waals surface area contributed by atoms with Gasteiger partial charge in [0.25, 0.3) is 5.91 Å². The zero-order valence-electron chi connectivity index (χ0n) is 35.0. The first-order chi connectivity index (χ1) is 27.9. The summed E-state index contributed by atoms with van der Waals surface area (Å²) in [4.78, 5) is 102. The van der Waals surface area contributed by atoms with Gasteiger partial charge < -0.3 is 45.8 Å². The minimum Gasteiger partial charge on any atom is -0.480 e. The maximum atomic E-state index is 13.3. The van der Waals surface area contributed by atoms with Gasteiger partial charge >= 0.3 is 24.0 Å². The Morgan fingerprint density at radius 2 is 1.37 bits per heavy atom. The van der Waals surface area contributed by atoms with Gasteiger partial charge in [0, 0.05) is 78.3 Å². The lowest BCUT2D eigenvalue weighted by atomic mass is 10.2. The number of hydrogen-bond donors (Lipinski definition) is 7. The van der Waals surface area contributed by atoms with Crippen molar-refractivity contribution in [3.05, 3.63) is 0 Å². The number of aliphatic carboxylic acids is 3. The number of nitrogens with zero attached hydrogens (tertiary/aromatic N) is 4. The summed E-state index contributed by atoms with van der Waals surface area (Å²) in [6.07, 6.45) is 4.73. The van der Waals surface area contributed by atoms with Gasteiger partial charge in [-0.05, 0) is 58.6 Å². The summed E-state index contributed by atoms with van der Waals surface area (Å²) in [5.41, 5.74) is -0.538. The van der Waals surface area contributed by atoms with Gasteiger partial charge in [-0.1, -0.05) is 6.42 Å². The molecule has 2 rings (SSSR count). The maximum Gasteiger partial charge on any atom is 0.407 e. The van der Waals surface area contributed by atoms with Crippen LogP contribution in [-0.2, 0) is 38.3 Å². The summed E-state index contributed by atoms with van der Waals surface area (Å²) in [7, 11) is 0. The van der Waals surface area contributed by atoms with E-state index in [4.69, 9.17) is 4.74 Å². The minimum atomic E-state index is -1.13. The van der Waals surface area contributed by atoms with Crippen LogP contribution in [0, 0.1) is 0 Å². The van der Waals surface area contributed by atoms with Gasteiger partial charge in [0.15, 0.2) is 13.1 Å². The van der Waals surface area contributed by atoms with E-state index in [0.717, 1.165) is 37.0 Å². The van der Waals surface area contributed by atoms with Gasteiger partial charge in [-0.2, -0.15) is 0 Å². The fourth-order valence-corrected chi connectivity index (χ4v) is 7.92. The molecule has 2 saturated heterocycles. The molecule has 0 bridgehead atoms. The molecule has 20 nitrogen and oxygen atoms in total. The van der Waals surface area contributed by atoms with E-state index in [1.54, 1.807) is 30.6 Å². The molecule has 0 aliphatic carbocycles. The molecule has 21 heteroatoms. The molecule has 0 radical (unpaired) electrons. The van der Waals surface area contributed by atoms with Crippen LogP contribution in [0.4, 0.5) is 4.79 Å². The number of likely N-dealkylation sites (tertiary alicyclic amines) is 1. The van der Waals surface area contributed by atoms with Crippen LogP contribution in [0.25, 0.3) is 0 Å². The molecule has 0 aromatic rings. The highest BCUT2D eigenvalue weighted by molar-refractivity contribution is 8.00. The van der Waals surface area contributed by atoms with Gasteiger partial charge in [0.05, 0.1) is 31.4 Å². The lowest BCUT2D eigenvalue weighted by Crippen LogP contribution is -2.61. The van der Waals surface area contributed by atoms with Gasteiger partial charge in [-0.25, -0.2) is 9.59 Å². The van der Waals surface area contributed by atoms with Crippen LogP contribution in [-0.4, -0.2) is 203 Å². The van der Waals surface area contributed by atoms with E-state index in [0.29, 0.717) is 51.3 Å². The van der Waals surface area contributed by atoms with Gasteiger partial charge in [-0.3, -0.25) is 43.5 Å². The lowest BCUT2D eigenvalue weighted by molar-refractivity contribution is -0.912. The Bertz CT molecular complexity index is 1420.